The quantitative estimate of drug-likeness (QED) is 0.536. The van der Waals surface area contributed by atoms with E-state index in [0.717, 1.165) is 44.0 Å². The van der Waals surface area contributed by atoms with Crippen LogP contribution < -0.4 is 0 Å². The van der Waals surface area contributed by atoms with Crippen molar-refractivity contribution in [1.29, 1.82) is 0 Å². The molecule has 5 heteroatoms. The Morgan fingerprint density at radius 1 is 1.24 bits per heavy atom. The van der Waals surface area contributed by atoms with Crippen LogP contribution in [0.4, 0.5) is 0 Å². The van der Waals surface area contributed by atoms with Crippen molar-refractivity contribution in [2.24, 2.45) is 5.16 Å². The van der Waals surface area contributed by atoms with Crippen LogP contribution in [0.15, 0.2) is 29.4 Å². The average molecular weight is 346 g/mol. The monoisotopic (exact) mass is 346 g/mol. The summed E-state index contributed by atoms with van der Waals surface area (Å²) >= 11 is 0. The van der Waals surface area contributed by atoms with Crippen LogP contribution in [0.2, 0.25) is 0 Å². The molecule has 0 radical (unpaired) electrons. The lowest BCUT2D eigenvalue weighted by atomic mass is 9.89. The van der Waals surface area contributed by atoms with Crippen LogP contribution in [0.3, 0.4) is 0 Å². The van der Waals surface area contributed by atoms with Crippen molar-refractivity contribution >= 4 is 11.5 Å². The summed E-state index contributed by atoms with van der Waals surface area (Å²) in [7, 11) is 0. The summed E-state index contributed by atoms with van der Waals surface area (Å²) in [5.74, 6) is 0.0821. The Hall–Kier alpha value is -1.72. The maximum Gasteiger partial charge on any atom is 0.175 e. The number of hydrogen-bond donors (Lipinski definition) is 0. The molecule has 0 N–H and O–H groups in total. The lowest BCUT2D eigenvalue weighted by Crippen LogP contribution is -2.54. The third-order valence-electron chi connectivity index (χ3n) is 4.62. The van der Waals surface area contributed by atoms with Crippen LogP contribution in [0, 0.1) is 6.92 Å². The van der Waals surface area contributed by atoms with E-state index in [0.29, 0.717) is 6.42 Å². The standard InChI is InChI=1S/C20H30N2O3/c1-5-6-18(23)15-25-21-19(17-9-7-16(2)8-10-17)20(3,4)22-11-13-24-14-12-22/h7-10H,5-6,11-15H2,1-4H3/b21-19-. The number of rotatable bonds is 8. The third kappa shape index (κ3) is 5.38. The molecule has 0 aromatic heterocycles. The Balaban J connectivity index is 2.24. The number of oxime groups is 1. The molecule has 25 heavy (non-hydrogen) atoms. The Kier molecular flexibility index (Phi) is 7.14. The maximum absolute atomic E-state index is 11.7. The number of carbonyl (C=O) groups is 1. The van der Waals surface area contributed by atoms with Gasteiger partial charge in [-0.2, -0.15) is 0 Å². The Bertz CT molecular complexity index is 587. The molecule has 0 aliphatic carbocycles. The van der Waals surface area contributed by atoms with Crippen LogP contribution in [0.25, 0.3) is 0 Å². The summed E-state index contributed by atoms with van der Waals surface area (Å²) in [4.78, 5) is 19.5. The minimum absolute atomic E-state index is 0.0302. The zero-order valence-corrected chi connectivity index (χ0v) is 15.9. The molecule has 1 fully saturated rings. The number of hydrogen-bond acceptors (Lipinski definition) is 5. The van der Waals surface area contributed by atoms with Gasteiger partial charge in [-0.25, -0.2) is 0 Å². The molecule has 1 aliphatic heterocycles. The minimum Gasteiger partial charge on any atom is -0.387 e. The molecule has 0 unspecified atom stereocenters. The first-order valence-corrected chi connectivity index (χ1v) is 9.07. The number of Topliss-reactive ketones (excluding diaryl/α,β-unsaturated/α-hetero) is 1. The van der Waals surface area contributed by atoms with Gasteiger partial charge in [0.25, 0.3) is 0 Å². The largest absolute Gasteiger partial charge is 0.387 e. The van der Waals surface area contributed by atoms with Gasteiger partial charge in [0.15, 0.2) is 12.4 Å². The molecule has 0 amide bonds. The summed E-state index contributed by atoms with van der Waals surface area (Å²) in [5, 5.41) is 4.41. The fourth-order valence-corrected chi connectivity index (χ4v) is 3.02. The van der Waals surface area contributed by atoms with E-state index in [4.69, 9.17) is 9.57 Å². The second-order valence-electron chi connectivity index (χ2n) is 7.03. The molecule has 1 aromatic carbocycles. The number of morpholine rings is 1. The van der Waals surface area contributed by atoms with Crippen molar-refractivity contribution in [3.63, 3.8) is 0 Å². The second kappa shape index (κ2) is 9.11. The van der Waals surface area contributed by atoms with Crippen molar-refractivity contribution in [2.45, 2.75) is 46.1 Å². The summed E-state index contributed by atoms with van der Waals surface area (Å²) in [6.07, 6.45) is 1.36. The zero-order chi connectivity index (χ0) is 18.3. The Labute approximate surface area is 151 Å². The minimum atomic E-state index is -0.313. The predicted molar refractivity (Wildman–Crippen MR) is 100 cm³/mol. The van der Waals surface area contributed by atoms with E-state index in [1.54, 1.807) is 0 Å². The SMILES string of the molecule is CCCC(=O)CO/N=C(/c1ccc(C)cc1)C(C)(C)N1CCOCC1. The molecular formula is C20H30N2O3. The number of ketones is 1. The van der Waals surface area contributed by atoms with E-state index in [-0.39, 0.29) is 17.9 Å². The summed E-state index contributed by atoms with van der Waals surface area (Å²) in [5.41, 5.74) is 2.75. The van der Waals surface area contributed by atoms with Crippen LogP contribution in [0.1, 0.15) is 44.7 Å². The number of ether oxygens (including phenoxy) is 1. The van der Waals surface area contributed by atoms with Gasteiger partial charge in [0.05, 0.1) is 18.8 Å². The molecule has 0 spiro atoms. The number of benzene rings is 1. The molecule has 2 rings (SSSR count). The number of aryl methyl sites for hydroxylation is 1. The second-order valence-corrected chi connectivity index (χ2v) is 7.03. The predicted octanol–water partition coefficient (Wildman–Crippen LogP) is 3.20. The molecular weight excluding hydrogens is 316 g/mol. The highest BCUT2D eigenvalue weighted by Gasteiger charge is 2.35. The van der Waals surface area contributed by atoms with Crippen molar-refractivity contribution in [1.82, 2.24) is 4.90 Å². The van der Waals surface area contributed by atoms with Crippen LogP contribution >= 0.6 is 0 Å². The first kappa shape index (κ1) is 19.6. The topological polar surface area (TPSA) is 51.1 Å². The number of carbonyl (C=O) groups excluding carboxylic acids is 1. The van der Waals surface area contributed by atoms with Crippen molar-refractivity contribution in [3.8, 4) is 0 Å². The first-order valence-electron chi connectivity index (χ1n) is 9.07. The summed E-state index contributed by atoms with van der Waals surface area (Å²) in [6.45, 7) is 11.5. The maximum atomic E-state index is 11.7. The van der Waals surface area contributed by atoms with Gasteiger partial charge in [0, 0.05) is 25.1 Å². The van der Waals surface area contributed by atoms with Gasteiger partial charge >= 0.3 is 0 Å². The van der Waals surface area contributed by atoms with Crippen LogP contribution in [0.5, 0.6) is 0 Å². The van der Waals surface area contributed by atoms with E-state index in [9.17, 15) is 4.79 Å². The molecule has 138 valence electrons. The van der Waals surface area contributed by atoms with Crippen molar-refractivity contribution < 1.29 is 14.4 Å². The number of nitrogens with zero attached hydrogens (tertiary/aromatic N) is 2. The molecule has 5 nitrogen and oxygen atoms in total. The highest BCUT2D eigenvalue weighted by molar-refractivity contribution is 6.06. The highest BCUT2D eigenvalue weighted by Crippen LogP contribution is 2.23. The van der Waals surface area contributed by atoms with Gasteiger partial charge in [-0.05, 0) is 27.2 Å². The fraction of sp³-hybridized carbons (Fsp3) is 0.600. The van der Waals surface area contributed by atoms with Gasteiger partial charge in [0.1, 0.15) is 5.71 Å². The Morgan fingerprint density at radius 3 is 2.48 bits per heavy atom. The summed E-state index contributed by atoms with van der Waals surface area (Å²) < 4.78 is 5.48. The van der Waals surface area contributed by atoms with Gasteiger partial charge in [-0.1, -0.05) is 41.9 Å². The van der Waals surface area contributed by atoms with E-state index in [1.807, 2.05) is 6.92 Å². The van der Waals surface area contributed by atoms with Crippen LogP contribution in [-0.2, 0) is 14.4 Å². The summed E-state index contributed by atoms with van der Waals surface area (Å²) in [6, 6.07) is 8.27. The van der Waals surface area contributed by atoms with Gasteiger partial charge in [-0.15, -0.1) is 0 Å². The molecule has 1 aromatic rings. The smallest absolute Gasteiger partial charge is 0.175 e. The first-order chi connectivity index (χ1) is 11.9. The van der Waals surface area contributed by atoms with E-state index in [2.05, 4.69) is 55.1 Å². The molecule has 1 saturated heterocycles. The highest BCUT2D eigenvalue weighted by atomic mass is 16.6. The van der Waals surface area contributed by atoms with Gasteiger partial charge < -0.3 is 9.57 Å². The lowest BCUT2D eigenvalue weighted by Gasteiger charge is -2.41. The van der Waals surface area contributed by atoms with Crippen molar-refractivity contribution in [2.75, 3.05) is 32.9 Å². The third-order valence-corrected chi connectivity index (χ3v) is 4.62. The molecule has 0 bridgehead atoms. The molecule has 0 saturated carbocycles. The normalized spacial score (nSPS) is 16.7. The molecule has 0 atom stereocenters. The average Bonchev–Trinajstić information content (AvgIpc) is 2.61. The molecule has 1 heterocycles. The van der Waals surface area contributed by atoms with Crippen molar-refractivity contribution in [3.05, 3.63) is 35.4 Å². The van der Waals surface area contributed by atoms with Gasteiger partial charge in [-0.3, -0.25) is 9.69 Å². The zero-order valence-electron chi connectivity index (χ0n) is 15.9. The van der Waals surface area contributed by atoms with Gasteiger partial charge in [0.2, 0.25) is 0 Å². The Morgan fingerprint density at radius 2 is 1.88 bits per heavy atom. The van der Waals surface area contributed by atoms with E-state index >= 15 is 0 Å². The van der Waals surface area contributed by atoms with Crippen LogP contribution in [-0.4, -0.2) is 54.8 Å². The fourth-order valence-electron chi connectivity index (χ4n) is 3.02. The van der Waals surface area contributed by atoms with E-state index in [1.165, 1.54) is 5.56 Å². The molecule has 1 aliphatic rings. The lowest BCUT2D eigenvalue weighted by molar-refractivity contribution is -0.123. The van der Waals surface area contributed by atoms with E-state index < -0.39 is 0 Å².